The van der Waals surface area contributed by atoms with Crippen LogP contribution in [0, 0.1) is 17.2 Å². The molecule has 0 saturated carbocycles. The van der Waals surface area contributed by atoms with Crippen molar-refractivity contribution in [2.45, 2.75) is 18.9 Å². The molecule has 1 rings (SSSR count). The fourth-order valence-corrected chi connectivity index (χ4v) is 1.41. The Morgan fingerprint density at radius 3 is 2.75 bits per heavy atom. The van der Waals surface area contributed by atoms with Gasteiger partial charge in [0.1, 0.15) is 0 Å². The summed E-state index contributed by atoms with van der Waals surface area (Å²) in [7, 11) is 0. The molecule has 0 aromatic heterocycles. The van der Waals surface area contributed by atoms with E-state index in [-0.39, 0.29) is 5.92 Å². The smallest absolute Gasteiger partial charge is 0.229 e. The SMILES string of the molecule is N#CC1CC[N+](=CN)CC[C@@H]1O. The Balaban J connectivity index is 2.60. The third kappa shape index (κ3) is 1.95. The summed E-state index contributed by atoms with van der Waals surface area (Å²) >= 11 is 0. The van der Waals surface area contributed by atoms with Crippen LogP contribution in [-0.4, -0.2) is 35.2 Å². The first kappa shape index (κ1) is 9.01. The topological polar surface area (TPSA) is 73.0 Å². The molecule has 1 unspecified atom stereocenters. The molecule has 1 aliphatic heterocycles. The number of aliphatic hydroxyl groups excluding tert-OH is 1. The molecule has 0 amide bonds. The van der Waals surface area contributed by atoms with Crippen LogP contribution in [0.15, 0.2) is 0 Å². The summed E-state index contributed by atoms with van der Waals surface area (Å²) in [6.45, 7) is 1.52. The monoisotopic (exact) mass is 168 g/mol. The zero-order chi connectivity index (χ0) is 8.97. The fraction of sp³-hybridized carbons (Fsp3) is 0.750. The van der Waals surface area contributed by atoms with Gasteiger partial charge in [-0.1, -0.05) is 0 Å². The van der Waals surface area contributed by atoms with Gasteiger partial charge in [0.25, 0.3) is 0 Å². The fourth-order valence-electron chi connectivity index (χ4n) is 1.41. The zero-order valence-electron chi connectivity index (χ0n) is 6.98. The Kier molecular flexibility index (Phi) is 3.06. The third-order valence-corrected chi connectivity index (χ3v) is 2.28. The van der Waals surface area contributed by atoms with Crippen LogP contribution in [0.25, 0.3) is 0 Å². The van der Waals surface area contributed by atoms with Crippen molar-refractivity contribution in [1.82, 2.24) is 0 Å². The van der Waals surface area contributed by atoms with Gasteiger partial charge in [-0.15, -0.1) is 0 Å². The van der Waals surface area contributed by atoms with Crippen molar-refractivity contribution in [2.24, 2.45) is 11.7 Å². The lowest BCUT2D eigenvalue weighted by atomic mass is 10.00. The predicted molar refractivity (Wildman–Crippen MR) is 44.6 cm³/mol. The van der Waals surface area contributed by atoms with Gasteiger partial charge >= 0.3 is 0 Å². The summed E-state index contributed by atoms with van der Waals surface area (Å²) in [6.07, 6.45) is 2.36. The van der Waals surface area contributed by atoms with Crippen LogP contribution < -0.4 is 5.73 Å². The van der Waals surface area contributed by atoms with Crippen molar-refractivity contribution in [3.05, 3.63) is 0 Å². The summed E-state index contributed by atoms with van der Waals surface area (Å²) in [4.78, 5) is 0. The molecule has 0 spiro atoms. The van der Waals surface area contributed by atoms with Crippen molar-refractivity contribution in [2.75, 3.05) is 13.1 Å². The first-order chi connectivity index (χ1) is 5.77. The molecule has 4 nitrogen and oxygen atoms in total. The highest BCUT2D eigenvalue weighted by Crippen LogP contribution is 2.14. The molecule has 0 aliphatic carbocycles. The van der Waals surface area contributed by atoms with Gasteiger partial charge in [-0.3, -0.25) is 10.3 Å². The molecule has 0 aromatic carbocycles. The first-order valence-electron chi connectivity index (χ1n) is 4.14. The van der Waals surface area contributed by atoms with Gasteiger partial charge in [-0.25, -0.2) is 0 Å². The average Bonchev–Trinajstić information content (AvgIpc) is 2.27. The van der Waals surface area contributed by atoms with E-state index in [4.69, 9.17) is 11.0 Å². The van der Waals surface area contributed by atoms with Gasteiger partial charge in [-0.2, -0.15) is 5.26 Å². The molecule has 1 heterocycles. The number of hydrogen-bond donors (Lipinski definition) is 2. The van der Waals surface area contributed by atoms with Gasteiger partial charge in [0.15, 0.2) is 0 Å². The molecule has 3 N–H and O–H groups in total. The third-order valence-electron chi connectivity index (χ3n) is 2.28. The lowest BCUT2D eigenvalue weighted by Crippen LogP contribution is -2.19. The molecule has 0 bridgehead atoms. The van der Waals surface area contributed by atoms with E-state index in [1.165, 1.54) is 6.34 Å². The van der Waals surface area contributed by atoms with Crippen LogP contribution in [0.2, 0.25) is 0 Å². The minimum absolute atomic E-state index is 0.227. The van der Waals surface area contributed by atoms with E-state index in [9.17, 15) is 5.11 Å². The Morgan fingerprint density at radius 2 is 2.17 bits per heavy atom. The van der Waals surface area contributed by atoms with E-state index in [0.29, 0.717) is 12.8 Å². The van der Waals surface area contributed by atoms with E-state index < -0.39 is 6.10 Å². The Labute approximate surface area is 71.9 Å². The van der Waals surface area contributed by atoms with Crippen LogP contribution >= 0.6 is 0 Å². The first-order valence-corrected chi connectivity index (χ1v) is 4.14. The molecule has 12 heavy (non-hydrogen) atoms. The minimum atomic E-state index is -0.486. The summed E-state index contributed by atoms with van der Waals surface area (Å²) in [5.41, 5.74) is 5.34. The number of hydrogen-bond acceptors (Lipinski definition) is 2. The molecule has 4 heteroatoms. The number of nitriles is 1. The summed E-state index contributed by atoms with van der Waals surface area (Å²) in [6, 6.07) is 2.11. The van der Waals surface area contributed by atoms with Gasteiger partial charge in [-0.05, 0) is 0 Å². The van der Waals surface area contributed by atoms with Crippen molar-refractivity contribution < 1.29 is 9.68 Å². The lowest BCUT2D eigenvalue weighted by molar-refractivity contribution is -0.522. The summed E-state index contributed by atoms with van der Waals surface area (Å²) < 4.78 is 1.93. The van der Waals surface area contributed by atoms with Crippen LogP contribution in [0.3, 0.4) is 0 Å². The second-order valence-corrected chi connectivity index (χ2v) is 3.07. The average molecular weight is 168 g/mol. The highest BCUT2D eigenvalue weighted by Gasteiger charge is 2.23. The second-order valence-electron chi connectivity index (χ2n) is 3.07. The molecular formula is C8H14N3O+. The molecule has 0 aromatic rings. The molecule has 66 valence electrons. The zero-order valence-corrected chi connectivity index (χ0v) is 6.98. The highest BCUT2D eigenvalue weighted by atomic mass is 16.3. The quantitative estimate of drug-likeness (QED) is 0.370. The molecule has 1 saturated heterocycles. The second kappa shape index (κ2) is 4.07. The van der Waals surface area contributed by atoms with Crippen LogP contribution in [0.4, 0.5) is 0 Å². The van der Waals surface area contributed by atoms with E-state index in [1.807, 2.05) is 4.58 Å². The molecule has 2 atom stereocenters. The minimum Gasteiger partial charge on any atom is -0.392 e. The van der Waals surface area contributed by atoms with Gasteiger partial charge < -0.3 is 5.11 Å². The maximum absolute atomic E-state index is 9.46. The summed E-state index contributed by atoms with van der Waals surface area (Å²) in [5, 5.41) is 18.1. The maximum Gasteiger partial charge on any atom is 0.229 e. The van der Waals surface area contributed by atoms with Gasteiger partial charge in [0.2, 0.25) is 6.34 Å². The normalized spacial score (nSPS) is 34.2. The van der Waals surface area contributed by atoms with Crippen molar-refractivity contribution in [3.8, 4) is 6.07 Å². The van der Waals surface area contributed by atoms with E-state index in [2.05, 4.69) is 6.07 Å². The number of nitrogens with two attached hydrogens (primary N) is 1. The lowest BCUT2D eigenvalue weighted by Gasteiger charge is -2.09. The highest BCUT2D eigenvalue weighted by molar-refractivity contribution is 5.44. The van der Waals surface area contributed by atoms with E-state index >= 15 is 0 Å². The van der Waals surface area contributed by atoms with Crippen molar-refractivity contribution in [3.63, 3.8) is 0 Å². The number of rotatable bonds is 0. The number of aliphatic hydroxyl groups is 1. The van der Waals surface area contributed by atoms with Gasteiger partial charge in [0.05, 0.1) is 31.2 Å². The predicted octanol–water partition coefficient (Wildman–Crippen LogP) is -0.720. The van der Waals surface area contributed by atoms with Crippen LogP contribution in [0.1, 0.15) is 12.8 Å². The van der Waals surface area contributed by atoms with Crippen molar-refractivity contribution >= 4 is 6.34 Å². The Morgan fingerprint density at radius 1 is 1.50 bits per heavy atom. The number of nitrogens with zero attached hydrogens (tertiary/aromatic N) is 2. The largest absolute Gasteiger partial charge is 0.392 e. The maximum atomic E-state index is 9.46. The Hall–Kier alpha value is -1.08. The van der Waals surface area contributed by atoms with Crippen LogP contribution in [-0.2, 0) is 0 Å². The molecule has 1 aliphatic rings. The van der Waals surface area contributed by atoms with Crippen molar-refractivity contribution in [1.29, 1.82) is 5.26 Å². The van der Waals surface area contributed by atoms with E-state index in [0.717, 1.165) is 13.1 Å². The molecule has 0 radical (unpaired) electrons. The molecular weight excluding hydrogens is 154 g/mol. The summed E-state index contributed by atoms with van der Waals surface area (Å²) in [5.74, 6) is -0.227. The molecule has 1 fully saturated rings. The van der Waals surface area contributed by atoms with Gasteiger partial charge in [0, 0.05) is 12.8 Å². The Bertz CT molecular complexity index is 219. The standard InChI is InChI=1S/C8H13N3O/c9-5-7-1-3-11(6-10)4-2-8(7)12/h6-8,10,12H,1-4H2/p+1/t7?,8-/m0/s1. The van der Waals surface area contributed by atoms with E-state index in [1.54, 1.807) is 0 Å². The van der Waals surface area contributed by atoms with Crippen LogP contribution in [0.5, 0.6) is 0 Å².